The van der Waals surface area contributed by atoms with Crippen molar-refractivity contribution in [3.8, 4) is 6.07 Å². The van der Waals surface area contributed by atoms with E-state index in [0.717, 1.165) is 16.5 Å². The van der Waals surface area contributed by atoms with E-state index in [0.29, 0.717) is 11.3 Å². The van der Waals surface area contributed by atoms with Crippen molar-refractivity contribution in [2.45, 2.75) is 5.54 Å². The zero-order valence-electron chi connectivity index (χ0n) is 12.2. The molecule has 4 nitrogen and oxygen atoms in total. The zero-order chi connectivity index (χ0) is 15.9. The zero-order valence-corrected chi connectivity index (χ0v) is 12.2. The molecule has 0 aliphatic carbocycles. The molecule has 0 aromatic heterocycles. The van der Waals surface area contributed by atoms with Crippen LogP contribution in [0.1, 0.15) is 5.56 Å². The minimum absolute atomic E-state index is 0.353. The topological polar surface area (TPSA) is 64.9 Å². The number of hydrogen-bond acceptors (Lipinski definition) is 3. The van der Waals surface area contributed by atoms with Gasteiger partial charge < -0.3 is 10.6 Å². The second kappa shape index (κ2) is 4.85. The number of amides is 1. The number of rotatable bonds is 2. The van der Waals surface area contributed by atoms with E-state index in [4.69, 9.17) is 0 Å². The SMILES string of the molecule is N#C[C@]1(Nc2cccc3ccccc23)C(=O)Nc2ccccc21. The second-order valence-corrected chi connectivity index (χ2v) is 5.51. The van der Waals surface area contributed by atoms with Crippen LogP contribution >= 0.6 is 0 Å². The Morgan fingerprint density at radius 3 is 2.57 bits per heavy atom. The number of anilines is 2. The van der Waals surface area contributed by atoms with Crippen LogP contribution in [0.15, 0.2) is 66.7 Å². The van der Waals surface area contributed by atoms with E-state index in [1.54, 1.807) is 12.1 Å². The number of hydrogen-bond donors (Lipinski definition) is 2. The first-order chi connectivity index (χ1) is 11.2. The lowest BCUT2D eigenvalue weighted by Gasteiger charge is -2.23. The maximum Gasteiger partial charge on any atom is 0.269 e. The summed E-state index contributed by atoms with van der Waals surface area (Å²) in [5, 5.41) is 17.8. The average molecular weight is 299 g/mol. The highest BCUT2D eigenvalue weighted by Gasteiger charge is 2.47. The number of carbonyl (C=O) groups excluding carboxylic acids is 1. The maximum atomic E-state index is 12.5. The molecule has 1 aliphatic rings. The first-order valence-corrected chi connectivity index (χ1v) is 7.33. The molecule has 3 aromatic carbocycles. The fraction of sp³-hybridized carbons (Fsp3) is 0.0526. The molecule has 0 saturated heterocycles. The molecule has 3 aromatic rings. The van der Waals surface area contributed by atoms with Crippen LogP contribution in [0.2, 0.25) is 0 Å². The van der Waals surface area contributed by atoms with Crippen molar-refractivity contribution in [2.24, 2.45) is 0 Å². The predicted molar refractivity (Wildman–Crippen MR) is 89.9 cm³/mol. The molecule has 110 valence electrons. The van der Waals surface area contributed by atoms with Gasteiger partial charge in [-0.3, -0.25) is 4.79 Å². The monoisotopic (exact) mass is 299 g/mol. The Morgan fingerprint density at radius 1 is 0.957 bits per heavy atom. The fourth-order valence-electron chi connectivity index (χ4n) is 3.06. The molecule has 0 radical (unpaired) electrons. The third-order valence-corrected chi connectivity index (χ3v) is 4.20. The van der Waals surface area contributed by atoms with Crippen molar-refractivity contribution < 1.29 is 4.79 Å². The van der Waals surface area contributed by atoms with Crippen LogP contribution in [0.25, 0.3) is 10.8 Å². The third kappa shape index (κ3) is 1.87. The van der Waals surface area contributed by atoms with Gasteiger partial charge in [-0.15, -0.1) is 0 Å². The van der Waals surface area contributed by atoms with Gasteiger partial charge in [0.05, 0.1) is 0 Å². The Kier molecular flexibility index (Phi) is 2.82. The molecule has 2 N–H and O–H groups in total. The Bertz CT molecular complexity index is 968. The van der Waals surface area contributed by atoms with Crippen molar-refractivity contribution in [1.29, 1.82) is 5.26 Å². The van der Waals surface area contributed by atoms with E-state index in [9.17, 15) is 10.1 Å². The van der Waals surface area contributed by atoms with E-state index in [2.05, 4.69) is 16.7 Å². The van der Waals surface area contributed by atoms with E-state index in [1.807, 2.05) is 54.6 Å². The summed E-state index contributed by atoms with van der Waals surface area (Å²) in [6.45, 7) is 0. The summed E-state index contributed by atoms with van der Waals surface area (Å²) in [6, 6.07) is 23.1. The highest BCUT2D eigenvalue weighted by Crippen LogP contribution is 2.39. The number of carbonyl (C=O) groups is 1. The summed E-state index contributed by atoms with van der Waals surface area (Å²) in [5.74, 6) is -0.353. The lowest BCUT2D eigenvalue weighted by Crippen LogP contribution is -2.40. The Hall–Kier alpha value is -3.32. The standard InChI is InChI=1S/C19H13N3O/c20-12-19(15-9-3-4-10-17(15)21-18(19)23)22-16-11-5-7-13-6-1-2-8-14(13)16/h1-11,22H,(H,21,23)/t19-/m1/s1. The number of nitriles is 1. The van der Waals surface area contributed by atoms with Gasteiger partial charge in [-0.25, -0.2) is 0 Å². The summed E-state index contributed by atoms with van der Waals surface area (Å²) in [5.41, 5.74) is 0.671. The molecule has 4 heteroatoms. The van der Waals surface area contributed by atoms with Gasteiger partial charge >= 0.3 is 0 Å². The van der Waals surface area contributed by atoms with Crippen LogP contribution in [0.3, 0.4) is 0 Å². The van der Waals surface area contributed by atoms with Crippen molar-refractivity contribution in [1.82, 2.24) is 0 Å². The summed E-state index contributed by atoms with van der Waals surface area (Å²) < 4.78 is 0. The summed E-state index contributed by atoms with van der Waals surface area (Å²) in [6.07, 6.45) is 0. The second-order valence-electron chi connectivity index (χ2n) is 5.51. The van der Waals surface area contributed by atoms with Crippen LogP contribution < -0.4 is 10.6 Å². The Labute approximate surface area is 133 Å². The summed E-state index contributed by atoms with van der Waals surface area (Å²) in [4.78, 5) is 12.5. The van der Waals surface area contributed by atoms with Crippen LogP contribution in [0.4, 0.5) is 11.4 Å². The minimum atomic E-state index is -1.42. The molecule has 0 fully saturated rings. The van der Waals surface area contributed by atoms with Crippen molar-refractivity contribution in [3.63, 3.8) is 0 Å². The number of nitrogens with one attached hydrogen (secondary N) is 2. The molecule has 0 spiro atoms. The van der Waals surface area contributed by atoms with Crippen LogP contribution in [-0.4, -0.2) is 5.91 Å². The molecule has 0 unspecified atom stereocenters. The first-order valence-electron chi connectivity index (χ1n) is 7.33. The Balaban J connectivity index is 1.89. The van der Waals surface area contributed by atoms with E-state index < -0.39 is 5.54 Å². The fourth-order valence-corrected chi connectivity index (χ4v) is 3.06. The van der Waals surface area contributed by atoms with Crippen LogP contribution in [0, 0.1) is 11.3 Å². The van der Waals surface area contributed by atoms with Crippen molar-refractivity contribution in [2.75, 3.05) is 10.6 Å². The van der Waals surface area contributed by atoms with Gasteiger partial charge in [-0.05, 0) is 17.5 Å². The molecule has 4 rings (SSSR count). The summed E-state index contributed by atoms with van der Waals surface area (Å²) >= 11 is 0. The molecule has 0 bridgehead atoms. The molecular formula is C19H13N3O. The van der Waals surface area contributed by atoms with Gasteiger partial charge in [0.2, 0.25) is 5.54 Å². The molecule has 1 aliphatic heterocycles. The van der Waals surface area contributed by atoms with Gasteiger partial charge in [-0.2, -0.15) is 5.26 Å². The highest BCUT2D eigenvalue weighted by molar-refractivity contribution is 6.11. The molecule has 23 heavy (non-hydrogen) atoms. The van der Waals surface area contributed by atoms with Crippen LogP contribution in [0.5, 0.6) is 0 Å². The predicted octanol–water partition coefficient (Wildman–Crippen LogP) is 3.62. The van der Waals surface area contributed by atoms with Gasteiger partial charge in [0.25, 0.3) is 5.91 Å². The minimum Gasteiger partial charge on any atom is -0.355 e. The summed E-state index contributed by atoms with van der Waals surface area (Å²) in [7, 11) is 0. The maximum absolute atomic E-state index is 12.5. The average Bonchev–Trinajstić information content (AvgIpc) is 2.87. The highest BCUT2D eigenvalue weighted by atomic mass is 16.2. The molecule has 1 heterocycles. The van der Waals surface area contributed by atoms with Gasteiger partial charge in [0, 0.05) is 22.3 Å². The van der Waals surface area contributed by atoms with Crippen LogP contribution in [-0.2, 0) is 10.3 Å². The molecule has 0 saturated carbocycles. The van der Waals surface area contributed by atoms with Gasteiger partial charge in [0.1, 0.15) is 6.07 Å². The number of benzene rings is 3. The number of fused-ring (bicyclic) bond motifs is 2. The lowest BCUT2D eigenvalue weighted by atomic mass is 9.92. The van der Waals surface area contributed by atoms with Gasteiger partial charge in [0.15, 0.2) is 0 Å². The molecule has 1 atom stereocenters. The van der Waals surface area contributed by atoms with Gasteiger partial charge in [-0.1, -0.05) is 54.6 Å². The number of nitrogens with zero attached hydrogens (tertiary/aromatic N) is 1. The number of para-hydroxylation sites is 1. The Morgan fingerprint density at radius 2 is 1.70 bits per heavy atom. The quantitative estimate of drug-likeness (QED) is 0.759. The molecular weight excluding hydrogens is 286 g/mol. The first kappa shape index (κ1) is 13.4. The largest absolute Gasteiger partial charge is 0.355 e. The van der Waals surface area contributed by atoms with E-state index >= 15 is 0 Å². The van der Waals surface area contributed by atoms with Crippen molar-refractivity contribution in [3.05, 3.63) is 72.3 Å². The van der Waals surface area contributed by atoms with E-state index in [-0.39, 0.29) is 5.91 Å². The normalized spacial score (nSPS) is 19.0. The lowest BCUT2D eigenvalue weighted by molar-refractivity contribution is -0.118. The molecule has 1 amide bonds. The van der Waals surface area contributed by atoms with E-state index in [1.165, 1.54) is 0 Å². The third-order valence-electron chi connectivity index (χ3n) is 4.20. The van der Waals surface area contributed by atoms with Crippen molar-refractivity contribution >= 4 is 28.1 Å². The smallest absolute Gasteiger partial charge is 0.269 e.